The summed E-state index contributed by atoms with van der Waals surface area (Å²) in [5.74, 6) is 0.160. The Morgan fingerprint density at radius 2 is 2.00 bits per heavy atom. The van der Waals surface area contributed by atoms with Crippen LogP contribution in [-0.2, 0) is 9.53 Å². The summed E-state index contributed by atoms with van der Waals surface area (Å²) >= 11 is 0. The van der Waals surface area contributed by atoms with Gasteiger partial charge >= 0.3 is 5.97 Å². The number of allylic oxidation sites excluding steroid dienone is 5. The molecule has 14 heavy (non-hydrogen) atoms. The summed E-state index contributed by atoms with van der Waals surface area (Å²) in [6.45, 7) is 9.08. The molecule has 76 valence electrons. The molecule has 0 heterocycles. The minimum absolute atomic E-state index is 0.373. The minimum atomic E-state index is -0.373. The average molecular weight is 192 g/mol. The fourth-order valence-corrected chi connectivity index (χ4v) is 0.774. The van der Waals surface area contributed by atoms with Crippen molar-refractivity contribution >= 4 is 5.97 Å². The lowest BCUT2D eigenvalue weighted by molar-refractivity contribution is -0.133. The normalized spacial score (nSPS) is 13.1. The zero-order valence-corrected chi connectivity index (χ0v) is 8.91. The molecule has 0 aliphatic carbocycles. The lowest BCUT2D eigenvalue weighted by Gasteiger charge is -2.05. The third-order valence-electron chi connectivity index (χ3n) is 1.60. The molecule has 0 N–H and O–H groups in total. The Balaban J connectivity index is 4.63. The van der Waals surface area contributed by atoms with Crippen LogP contribution in [0, 0.1) is 0 Å². The van der Waals surface area contributed by atoms with Crippen molar-refractivity contribution in [3.63, 3.8) is 0 Å². The van der Waals surface area contributed by atoms with Crippen LogP contribution in [0.25, 0.3) is 0 Å². The lowest BCUT2D eigenvalue weighted by atomic mass is 10.2. The highest BCUT2D eigenvalue weighted by Gasteiger charge is 2.03. The van der Waals surface area contributed by atoms with Crippen LogP contribution in [-0.4, -0.2) is 5.97 Å². The maximum absolute atomic E-state index is 11.1. The van der Waals surface area contributed by atoms with E-state index < -0.39 is 0 Å². The van der Waals surface area contributed by atoms with Gasteiger partial charge in [0.05, 0.1) is 0 Å². The summed E-state index contributed by atoms with van der Waals surface area (Å²) in [5.41, 5.74) is 0.905. The second-order valence-electron chi connectivity index (χ2n) is 2.66. The summed E-state index contributed by atoms with van der Waals surface area (Å²) in [7, 11) is 0. The average Bonchev–Trinajstić information content (AvgIpc) is 2.16. The van der Waals surface area contributed by atoms with E-state index >= 15 is 0 Å². The van der Waals surface area contributed by atoms with Gasteiger partial charge in [-0.1, -0.05) is 24.8 Å². The van der Waals surface area contributed by atoms with E-state index in [-0.39, 0.29) is 5.97 Å². The van der Waals surface area contributed by atoms with E-state index in [0.29, 0.717) is 5.76 Å². The van der Waals surface area contributed by atoms with Gasteiger partial charge < -0.3 is 4.74 Å². The van der Waals surface area contributed by atoms with E-state index in [2.05, 4.69) is 6.58 Å². The monoisotopic (exact) mass is 192 g/mol. The van der Waals surface area contributed by atoms with Crippen LogP contribution in [0.2, 0.25) is 0 Å². The molecule has 0 fully saturated rings. The SMILES string of the molecule is C=C/C=C(OC(=O)/C=C\C)\C(C)=C/C. The number of hydrogen-bond acceptors (Lipinski definition) is 2. The van der Waals surface area contributed by atoms with Gasteiger partial charge in [-0.2, -0.15) is 0 Å². The first-order valence-corrected chi connectivity index (χ1v) is 4.46. The Kier molecular flexibility index (Phi) is 6.12. The van der Waals surface area contributed by atoms with Crippen LogP contribution < -0.4 is 0 Å². The molecule has 0 spiro atoms. The first kappa shape index (κ1) is 12.4. The van der Waals surface area contributed by atoms with E-state index in [1.807, 2.05) is 19.9 Å². The van der Waals surface area contributed by atoms with Gasteiger partial charge in [0, 0.05) is 6.08 Å². The molecule has 0 unspecified atom stereocenters. The Bertz CT molecular complexity index is 293. The minimum Gasteiger partial charge on any atom is -0.423 e. The first-order valence-electron chi connectivity index (χ1n) is 4.46. The van der Waals surface area contributed by atoms with Crippen molar-refractivity contribution < 1.29 is 9.53 Å². The molecule has 0 atom stereocenters. The zero-order chi connectivity index (χ0) is 11.0. The molecule has 0 saturated carbocycles. The molecular formula is C12H16O2. The van der Waals surface area contributed by atoms with Gasteiger partial charge in [-0.25, -0.2) is 4.79 Å². The van der Waals surface area contributed by atoms with Crippen molar-refractivity contribution in [3.05, 3.63) is 48.3 Å². The van der Waals surface area contributed by atoms with Gasteiger partial charge in [0.25, 0.3) is 0 Å². The first-order chi connectivity index (χ1) is 6.65. The van der Waals surface area contributed by atoms with Crippen molar-refractivity contribution in [2.24, 2.45) is 0 Å². The predicted octanol–water partition coefficient (Wildman–Crippen LogP) is 3.14. The Morgan fingerprint density at radius 1 is 1.36 bits per heavy atom. The molecule has 0 aromatic heterocycles. The van der Waals surface area contributed by atoms with Crippen LogP contribution in [0.15, 0.2) is 48.3 Å². The van der Waals surface area contributed by atoms with Gasteiger partial charge in [0.15, 0.2) is 0 Å². The second-order valence-corrected chi connectivity index (χ2v) is 2.66. The largest absolute Gasteiger partial charge is 0.423 e. The molecule has 0 amide bonds. The van der Waals surface area contributed by atoms with E-state index in [1.54, 1.807) is 25.2 Å². The Labute approximate surface area is 85.3 Å². The number of hydrogen-bond donors (Lipinski definition) is 0. The number of ether oxygens (including phenoxy) is 1. The van der Waals surface area contributed by atoms with E-state index in [0.717, 1.165) is 5.57 Å². The number of rotatable bonds is 4. The lowest BCUT2D eigenvalue weighted by Crippen LogP contribution is -2.01. The summed E-state index contributed by atoms with van der Waals surface area (Å²) < 4.78 is 5.08. The second kappa shape index (κ2) is 6.89. The summed E-state index contributed by atoms with van der Waals surface area (Å²) in [6, 6.07) is 0. The van der Waals surface area contributed by atoms with Crippen molar-refractivity contribution in [2.45, 2.75) is 20.8 Å². The van der Waals surface area contributed by atoms with Crippen molar-refractivity contribution in [2.75, 3.05) is 0 Å². The van der Waals surface area contributed by atoms with Gasteiger partial charge in [-0.05, 0) is 32.4 Å². The van der Waals surface area contributed by atoms with Gasteiger partial charge in [-0.15, -0.1) is 0 Å². The van der Waals surface area contributed by atoms with Crippen molar-refractivity contribution in [3.8, 4) is 0 Å². The number of carbonyl (C=O) groups excluding carboxylic acids is 1. The third-order valence-corrected chi connectivity index (χ3v) is 1.60. The number of esters is 1. The molecule has 0 aliphatic rings. The molecule has 0 aromatic carbocycles. The summed E-state index contributed by atoms with van der Waals surface area (Å²) in [5, 5.41) is 0. The highest BCUT2D eigenvalue weighted by Crippen LogP contribution is 2.11. The van der Waals surface area contributed by atoms with E-state index in [1.165, 1.54) is 6.08 Å². The smallest absolute Gasteiger partial charge is 0.335 e. The molecular weight excluding hydrogens is 176 g/mol. The van der Waals surface area contributed by atoms with E-state index in [4.69, 9.17) is 4.74 Å². The molecule has 0 aromatic rings. The molecule has 0 bridgehead atoms. The van der Waals surface area contributed by atoms with Crippen LogP contribution in [0.5, 0.6) is 0 Å². The number of carbonyl (C=O) groups is 1. The molecule has 2 heteroatoms. The van der Waals surface area contributed by atoms with Crippen molar-refractivity contribution in [1.82, 2.24) is 0 Å². The third kappa shape index (κ3) is 4.45. The highest BCUT2D eigenvalue weighted by atomic mass is 16.5. The van der Waals surface area contributed by atoms with Crippen molar-refractivity contribution in [1.29, 1.82) is 0 Å². The van der Waals surface area contributed by atoms with Crippen LogP contribution in [0.4, 0.5) is 0 Å². The molecule has 0 radical (unpaired) electrons. The molecule has 2 nitrogen and oxygen atoms in total. The molecule has 0 rings (SSSR count). The maximum Gasteiger partial charge on any atom is 0.335 e. The quantitative estimate of drug-likeness (QED) is 0.296. The Morgan fingerprint density at radius 3 is 2.43 bits per heavy atom. The van der Waals surface area contributed by atoms with Crippen LogP contribution in [0.3, 0.4) is 0 Å². The standard InChI is InChI=1S/C12H16O2/c1-5-8-11(10(4)7-3)14-12(13)9-6-2/h5-9H,1H2,2-4H3/b9-6-,10-7-,11-8+. The Hall–Kier alpha value is -1.57. The maximum atomic E-state index is 11.1. The van der Waals surface area contributed by atoms with Gasteiger partial charge in [-0.3, -0.25) is 0 Å². The topological polar surface area (TPSA) is 26.3 Å². The molecule has 0 aliphatic heterocycles. The summed E-state index contributed by atoms with van der Waals surface area (Å²) in [4.78, 5) is 11.1. The predicted molar refractivity (Wildman–Crippen MR) is 58.6 cm³/mol. The fraction of sp³-hybridized carbons (Fsp3) is 0.250. The van der Waals surface area contributed by atoms with Gasteiger partial charge in [0.1, 0.15) is 5.76 Å². The fourth-order valence-electron chi connectivity index (χ4n) is 0.774. The van der Waals surface area contributed by atoms with Crippen LogP contribution in [0.1, 0.15) is 20.8 Å². The highest BCUT2D eigenvalue weighted by molar-refractivity contribution is 5.83. The zero-order valence-electron chi connectivity index (χ0n) is 8.91. The van der Waals surface area contributed by atoms with Gasteiger partial charge in [0.2, 0.25) is 0 Å². The van der Waals surface area contributed by atoms with Crippen LogP contribution >= 0.6 is 0 Å². The molecule has 0 saturated heterocycles. The summed E-state index contributed by atoms with van der Waals surface area (Å²) in [6.07, 6.45) is 8.14. The van der Waals surface area contributed by atoms with E-state index in [9.17, 15) is 4.79 Å².